The fourth-order valence-corrected chi connectivity index (χ4v) is 2.18. The van der Waals surface area contributed by atoms with E-state index in [1.54, 1.807) is 36.5 Å². The average molecular weight is 415 g/mol. The molecule has 0 heterocycles. The van der Waals surface area contributed by atoms with Gasteiger partial charge in [-0.05, 0) is 61.1 Å². The summed E-state index contributed by atoms with van der Waals surface area (Å²) >= 11 is 10.9. The van der Waals surface area contributed by atoms with Gasteiger partial charge < -0.3 is 10.6 Å². The minimum absolute atomic E-state index is 0.0294. The van der Waals surface area contributed by atoms with Gasteiger partial charge in [0.15, 0.2) is 5.11 Å². The largest absolute Gasteiger partial charge is 0.471 e. The Balaban J connectivity index is 1.94. The number of hydrogen-bond acceptors (Lipinski definition) is 3. The molecule has 5 nitrogen and oxygen atoms in total. The number of halogens is 4. The monoisotopic (exact) mass is 414 g/mol. The summed E-state index contributed by atoms with van der Waals surface area (Å²) in [7, 11) is 0. The molecule has 142 valence electrons. The van der Waals surface area contributed by atoms with E-state index in [2.05, 4.69) is 15.8 Å². The fourth-order valence-electron chi connectivity index (χ4n) is 1.89. The molecule has 0 fully saturated rings. The van der Waals surface area contributed by atoms with Gasteiger partial charge in [0.1, 0.15) is 0 Å². The highest BCUT2D eigenvalue weighted by Gasteiger charge is 2.38. The van der Waals surface area contributed by atoms with Crippen molar-refractivity contribution in [3.8, 4) is 0 Å². The van der Waals surface area contributed by atoms with E-state index in [-0.39, 0.29) is 10.8 Å². The highest BCUT2D eigenvalue weighted by Crippen LogP contribution is 2.18. The van der Waals surface area contributed by atoms with Gasteiger partial charge in [-0.1, -0.05) is 23.7 Å². The molecule has 0 aliphatic heterocycles. The number of hydrazone groups is 1. The molecule has 2 aromatic carbocycles. The molecule has 0 spiro atoms. The van der Waals surface area contributed by atoms with Crippen molar-refractivity contribution in [2.24, 2.45) is 5.10 Å². The Bertz CT molecular complexity index is 852. The lowest BCUT2D eigenvalue weighted by atomic mass is 10.1. The summed E-state index contributed by atoms with van der Waals surface area (Å²) in [5, 5.41) is 9.65. The van der Waals surface area contributed by atoms with Crippen molar-refractivity contribution in [3.63, 3.8) is 0 Å². The maximum absolute atomic E-state index is 12.2. The van der Waals surface area contributed by atoms with E-state index >= 15 is 0 Å². The number of nitrogens with one attached hydrogen (secondary N) is 3. The van der Waals surface area contributed by atoms with Crippen LogP contribution >= 0.6 is 23.8 Å². The van der Waals surface area contributed by atoms with Crippen LogP contribution in [0.15, 0.2) is 53.6 Å². The molecule has 0 radical (unpaired) electrons. The Morgan fingerprint density at radius 3 is 2.07 bits per heavy atom. The Hall–Kier alpha value is -2.65. The van der Waals surface area contributed by atoms with Gasteiger partial charge in [-0.15, -0.1) is 0 Å². The first kappa shape index (κ1) is 20.7. The van der Waals surface area contributed by atoms with Crippen LogP contribution in [0.4, 0.5) is 24.5 Å². The molecule has 0 aromatic heterocycles. The zero-order chi connectivity index (χ0) is 20.0. The zero-order valence-corrected chi connectivity index (χ0v) is 15.5. The predicted molar refractivity (Wildman–Crippen MR) is 104 cm³/mol. The van der Waals surface area contributed by atoms with Crippen LogP contribution in [0.3, 0.4) is 0 Å². The molecular weight excluding hydrogens is 401 g/mol. The molecule has 0 saturated heterocycles. The molecule has 2 rings (SSSR count). The summed E-state index contributed by atoms with van der Waals surface area (Å²) < 4.78 is 36.7. The van der Waals surface area contributed by atoms with E-state index in [4.69, 9.17) is 23.8 Å². The summed E-state index contributed by atoms with van der Waals surface area (Å²) in [5.74, 6) is -2.03. The minimum atomic E-state index is -4.94. The fraction of sp³-hybridized carbons (Fsp3) is 0.118. The van der Waals surface area contributed by atoms with Gasteiger partial charge >= 0.3 is 12.1 Å². The highest BCUT2D eigenvalue weighted by molar-refractivity contribution is 7.80. The molecule has 10 heteroatoms. The number of alkyl halides is 3. The zero-order valence-electron chi connectivity index (χ0n) is 13.9. The molecule has 27 heavy (non-hydrogen) atoms. The number of carbonyl (C=O) groups excluding carboxylic acids is 1. The quantitative estimate of drug-likeness (QED) is 0.390. The first-order chi connectivity index (χ1) is 12.6. The maximum atomic E-state index is 12.2. The molecule has 0 atom stereocenters. The Labute approximate surface area is 163 Å². The minimum Gasteiger partial charge on any atom is -0.331 e. The second-order valence-electron chi connectivity index (χ2n) is 5.30. The number of amides is 1. The molecular formula is C17H14ClF3N4OS. The van der Waals surface area contributed by atoms with E-state index in [1.807, 2.05) is 0 Å². The van der Waals surface area contributed by atoms with E-state index in [1.165, 1.54) is 24.3 Å². The van der Waals surface area contributed by atoms with Gasteiger partial charge in [0.05, 0.1) is 5.71 Å². The molecule has 1 amide bonds. The van der Waals surface area contributed by atoms with Crippen LogP contribution in [-0.4, -0.2) is 22.9 Å². The van der Waals surface area contributed by atoms with E-state index < -0.39 is 12.1 Å². The molecule has 0 unspecified atom stereocenters. The highest BCUT2D eigenvalue weighted by atomic mass is 35.5. The molecule has 0 bridgehead atoms. The average Bonchev–Trinajstić information content (AvgIpc) is 2.61. The topological polar surface area (TPSA) is 65.5 Å². The number of rotatable bonds is 4. The SMILES string of the molecule is C/C(=N\NC(=S)Nc1ccc(Cl)cc1)c1ccc(NC(=O)C(F)(F)F)cc1. The lowest BCUT2D eigenvalue weighted by Crippen LogP contribution is -2.29. The summed E-state index contributed by atoms with van der Waals surface area (Å²) in [5.41, 5.74) is 4.61. The smallest absolute Gasteiger partial charge is 0.331 e. The van der Waals surface area contributed by atoms with Gasteiger partial charge in [0, 0.05) is 16.4 Å². The molecule has 0 saturated carbocycles. The lowest BCUT2D eigenvalue weighted by molar-refractivity contribution is -0.167. The molecule has 3 N–H and O–H groups in total. The van der Waals surface area contributed by atoms with Gasteiger partial charge in [0.25, 0.3) is 0 Å². The normalized spacial score (nSPS) is 11.7. The summed E-state index contributed by atoms with van der Waals surface area (Å²) in [4.78, 5) is 10.9. The number of thiocarbonyl (C=S) groups is 1. The summed E-state index contributed by atoms with van der Waals surface area (Å²) in [6.07, 6.45) is -4.94. The summed E-state index contributed by atoms with van der Waals surface area (Å²) in [6, 6.07) is 12.7. The number of benzene rings is 2. The van der Waals surface area contributed by atoms with Crippen LogP contribution in [-0.2, 0) is 4.79 Å². The predicted octanol–water partition coefficient (Wildman–Crippen LogP) is 4.55. The Morgan fingerprint density at radius 2 is 1.52 bits per heavy atom. The van der Waals surface area contributed by atoms with Crippen molar-refractivity contribution in [1.29, 1.82) is 0 Å². The third-order valence-electron chi connectivity index (χ3n) is 3.25. The number of hydrogen-bond donors (Lipinski definition) is 3. The Kier molecular flexibility index (Phi) is 6.75. The third kappa shape index (κ3) is 6.54. The van der Waals surface area contributed by atoms with Crippen LogP contribution in [0.2, 0.25) is 5.02 Å². The lowest BCUT2D eigenvalue weighted by Gasteiger charge is -2.09. The second-order valence-corrected chi connectivity index (χ2v) is 6.14. The first-order valence-corrected chi connectivity index (χ1v) is 8.29. The van der Waals surface area contributed by atoms with Crippen molar-refractivity contribution in [2.75, 3.05) is 10.6 Å². The van der Waals surface area contributed by atoms with E-state index in [0.29, 0.717) is 16.3 Å². The van der Waals surface area contributed by atoms with Gasteiger partial charge in [0.2, 0.25) is 0 Å². The Morgan fingerprint density at radius 1 is 1.00 bits per heavy atom. The van der Waals surface area contributed by atoms with Gasteiger partial charge in [-0.25, -0.2) is 0 Å². The van der Waals surface area contributed by atoms with E-state index in [9.17, 15) is 18.0 Å². The van der Waals surface area contributed by atoms with Crippen LogP contribution < -0.4 is 16.1 Å². The van der Waals surface area contributed by atoms with Crippen LogP contribution in [0.5, 0.6) is 0 Å². The number of carbonyl (C=O) groups is 1. The number of anilines is 2. The van der Waals surface area contributed by atoms with Crippen molar-refractivity contribution >= 4 is 51.9 Å². The second kappa shape index (κ2) is 8.83. The molecule has 2 aromatic rings. The maximum Gasteiger partial charge on any atom is 0.471 e. The summed E-state index contributed by atoms with van der Waals surface area (Å²) in [6.45, 7) is 1.70. The van der Waals surface area contributed by atoms with Crippen LogP contribution in [0.1, 0.15) is 12.5 Å². The van der Waals surface area contributed by atoms with Crippen molar-refractivity contribution in [1.82, 2.24) is 5.43 Å². The molecule has 0 aliphatic carbocycles. The first-order valence-electron chi connectivity index (χ1n) is 7.50. The van der Waals surface area contributed by atoms with E-state index in [0.717, 1.165) is 5.69 Å². The molecule has 0 aliphatic rings. The standard InChI is InChI=1S/C17H14ClF3N4OS/c1-10(24-25-16(27)23-14-8-4-12(18)5-9-14)11-2-6-13(7-3-11)22-15(26)17(19,20)21/h2-9H,1H3,(H,22,26)(H2,23,25,27)/b24-10+. The van der Waals surface area contributed by atoms with Crippen LogP contribution in [0, 0.1) is 0 Å². The third-order valence-corrected chi connectivity index (χ3v) is 3.69. The van der Waals surface area contributed by atoms with Gasteiger partial charge in [-0.2, -0.15) is 18.3 Å². The van der Waals surface area contributed by atoms with Crippen LogP contribution in [0.25, 0.3) is 0 Å². The number of nitrogens with zero attached hydrogens (tertiary/aromatic N) is 1. The van der Waals surface area contributed by atoms with Crippen molar-refractivity contribution in [3.05, 3.63) is 59.1 Å². The van der Waals surface area contributed by atoms with Gasteiger partial charge in [-0.3, -0.25) is 10.2 Å². The van der Waals surface area contributed by atoms with Crippen molar-refractivity contribution < 1.29 is 18.0 Å². The van der Waals surface area contributed by atoms with Crippen molar-refractivity contribution in [2.45, 2.75) is 13.1 Å².